The lowest BCUT2D eigenvalue weighted by atomic mass is 9.61. The standard InChI is InChI=1S/C51H67N2O8/c1-52-21-17-31-11-14-36(44(57)28-51(19-7-4-8-20-51)35-9-5-3-6-10-35)38(23-31)39-25-33(13-16-42(39)55)34-12-15-37-43(56)27-46(61-45(37)26-34)47-40(24-32-18-22-53-29-32)50(60-2)49(59)48(58)41(47)30-54/h3,5-6,9-10,13,16,18,22,25,29,31,34,36-38,43-46,52,54-59H,4,7-8,11-12,14-15,17,19-21,23-24,26-28,30H2,1-2H3/q-1. The van der Waals surface area contributed by atoms with Gasteiger partial charge in [-0.1, -0.05) is 73.4 Å². The summed E-state index contributed by atoms with van der Waals surface area (Å²) in [5.41, 5.74) is 5.51. The number of aromatic nitrogens is 1. The third kappa shape index (κ3) is 8.94. The van der Waals surface area contributed by atoms with Crippen LogP contribution < -0.4 is 15.0 Å². The highest BCUT2D eigenvalue weighted by molar-refractivity contribution is 5.64. The zero-order valence-corrected chi connectivity index (χ0v) is 36.0. The molecule has 1 saturated heterocycles. The minimum absolute atomic E-state index is 0.0144. The Morgan fingerprint density at radius 3 is 2.44 bits per heavy atom. The van der Waals surface area contributed by atoms with E-state index >= 15 is 0 Å². The van der Waals surface area contributed by atoms with Gasteiger partial charge in [-0.2, -0.15) is 12.4 Å². The maximum Gasteiger partial charge on any atom is 0.201 e. The summed E-state index contributed by atoms with van der Waals surface area (Å²) in [6.45, 7) is 0.404. The Hall–Kier alpha value is -4.06. The van der Waals surface area contributed by atoms with Crippen LogP contribution in [0.15, 0.2) is 67.0 Å². The molecule has 9 atom stereocenters. The van der Waals surface area contributed by atoms with Crippen molar-refractivity contribution in [1.82, 2.24) is 10.3 Å². The highest BCUT2D eigenvalue weighted by Gasteiger charge is 2.46. The number of benzene rings is 3. The quantitative estimate of drug-likeness (QED) is 0.0614. The lowest BCUT2D eigenvalue weighted by molar-refractivity contribution is -0.154. The number of fused-ring (bicyclic) bond motifs is 1. The molecule has 3 aromatic carbocycles. The van der Waals surface area contributed by atoms with Crippen molar-refractivity contribution in [3.8, 4) is 23.0 Å². The lowest BCUT2D eigenvalue weighted by Gasteiger charge is -2.46. The molecule has 61 heavy (non-hydrogen) atoms. The Bertz CT molecular complexity index is 2050. The van der Waals surface area contributed by atoms with Gasteiger partial charge in [-0.15, -0.1) is 0 Å². The molecule has 0 bridgehead atoms. The summed E-state index contributed by atoms with van der Waals surface area (Å²) in [6.07, 6.45) is 14.6. The van der Waals surface area contributed by atoms with Crippen LogP contribution in [-0.4, -0.2) is 69.7 Å². The summed E-state index contributed by atoms with van der Waals surface area (Å²) in [4.78, 5) is 4.20. The number of aliphatic hydroxyl groups excluding tert-OH is 3. The van der Waals surface area contributed by atoms with E-state index in [-0.39, 0.29) is 52.9 Å². The number of phenols is 3. The molecule has 4 aliphatic rings. The summed E-state index contributed by atoms with van der Waals surface area (Å²) in [7, 11) is 3.43. The van der Waals surface area contributed by atoms with Crippen LogP contribution in [0.3, 0.4) is 0 Å². The predicted octanol–water partition coefficient (Wildman–Crippen LogP) is 8.39. The minimum atomic E-state index is -0.677. The van der Waals surface area contributed by atoms with E-state index in [2.05, 4.69) is 46.7 Å². The van der Waals surface area contributed by atoms with E-state index in [1.54, 1.807) is 12.4 Å². The van der Waals surface area contributed by atoms with Gasteiger partial charge in [0, 0.05) is 23.5 Å². The number of nitrogens with zero attached hydrogens (tertiary/aromatic N) is 1. The van der Waals surface area contributed by atoms with Crippen LogP contribution in [0.5, 0.6) is 23.0 Å². The summed E-state index contributed by atoms with van der Waals surface area (Å²) in [5, 5.41) is 71.9. The van der Waals surface area contributed by atoms with Crippen LogP contribution in [0.4, 0.5) is 0 Å². The molecular formula is C51H67N2O8-. The Morgan fingerprint density at radius 1 is 0.918 bits per heavy atom. The van der Waals surface area contributed by atoms with Crippen molar-refractivity contribution >= 4 is 0 Å². The zero-order valence-electron chi connectivity index (χ0n) is 36.0. The van der Waals surface area contributed by atoms with Crippen molar-refractivity contribution in [2.75, 3.05) is 20.7 Å². The van der Waals surface area contributed by atoms with Crippen LogP contribution in [0.1, 0.15) is 147 Å². The summed E-state index contributed by atoms with van der Waals surface area (Å²) >= 11 is 0. The molecular weight excluding hydrogens is 769 g/mol. The number of rotatable bonds is 14. The fourth-order valence-corrected chi connectivity index (χ4v) is 12.3. The van der Waals surface area contributed by atoms with Crippen LogP contribution in [0.25, 0.3) is 0 Å². The molecule has 1 aromatic heterocycles. The molecule has 4 aromatic rings. The van der Waals surface area contributed by atoms with E-state index in [1.165, 1.54) is 31.9 Å². The number of ether oxygens (including phenoxy) is 2. The van der Waals surface area contributed by atoms with Crippen molar-refractivity contribution in [2.24, 2.45) is 17.8 Å². The van der Waals surface area contributed by atoms with Gasteiger partial charge in [0.1, 0.15) is 5.75 Å². The Kier molecular flexibility index (Phi) is 13.7. The molecule has 0 spiro atoms. The van der Waals surface area contributed by atoms with Gasteiger partial charge < -0.3 is 50.4 Å². The molecule has 7 N–H and O–H groups in total. The van der Waals surface area contributed by atoms with Gasteiger partial charge in [0.15, 0.2) is 11.5 Å². The van der Waals surface area contributed by atoms with Crippen LogP contribution >= 0.6 is 0 Å². The lowest BCUT2D eigenvalue weighted by Crippen LogP contribution is -2.44. The van der Waals surface area contributed by atoms with E-state index < -0.39 is 36.4 Å². The third-order valence-corrected chi connectivity index (χ3v) is 15.5. The van der Waals surface area contributed by atoms with Gasteiger partial charge in [-0.05, 0) is 142 Å². The van der Waals surface area contributed by atoms with Crippen LogP contribution in [0.2, 0.25) is 0 Å². The SMILES string of the molecule is CNCCC1CCC(C(O)CC2(c3ccccc3)CCCCC2)C(c2cc(C3CCC4C(O)CC(c5c(CO)c(O)c(O)c(OC)c5Cc5cc[n-]c5)OC4C3)ccc2O)C1. The molecule has 4 fully saturated rings. The first kappa shape index (κ1) is 43.6. The van der Waals surface area contributed by atoms with E-state index in [9.17, 15) is 30.6 Å². The molecule has 3 saturated carbocycles. The van der Waals surface area contributed by atoms with E-state index in [1.807, 2.05) is 25.2 Å². The fourth-order valence-electron chi connectivity index (χ4n) is 12.3. The Morgan fingerprint density at radius 2 is 1.72 bits per heavy atom. The monoisotopic (exact) mass is 835 g/mol. The van der Waals surface area contributed by atoms with Crippen molar-refractivity contribution in [1.29, 1.82) is 0 Å². The Labute approximate surface area is 361 Å². The number of hydrogen-bond donors (Lipinski definition) is 7. The largest absolute Gasteiger partial charge is 0.670 e. The maximum absolute atomic E-state index is 12.4. The topological polar surface area (TPSA) is 166 Å². The molecule has 330 valence electrons. The molecule has 10 nitrogen and oxygen atoms in total. The average molecular weight is 836 g/mol. The molecule has 0 radical (unpaired) electrons. The number of methoxy groups -OCH3 is 1. The molecule has 10 heteroatoms. The first-order valence-corrected chi connectivity index (χ1v) is 23.0. The second-order valence-electron chi connectivity index (χ2n) is 18.9. The molecule has 3 aliphatic carbocycles. The summed E-state index contributed by atoms with van der Waals surface area (Å²) in [6, 6.07) is 18.8. The van der Waals surface area contributed by atoms with Crippen LogP contribution in [-0.2, 0) is 23.2 Å². The highest BCUT2D eigenvalue weighted by atomic mass is 16.5. The summed E-state index contributed by atoms with van der Waals surface area (Å²) in [5.74, 6) is 0.0682. The molecule has 9 unspecified atom stereocenters. The van der Waals surface area contributed by atoms with Crippen LogP contribution in [0, 0.1) is 17.8 Å². The van der Waals surface area contributed by atoms with Gasteiger partial charge in [-0.3, -0.25) is 0 Å². The zero-order chi connectivity index (χ0) is 42.7. The average Bonchev–Trinajstić information content (AvgIpc) is 3.80. The summed E-state index contributed by atoms with van der Waals surface area (Å²) < 4.78 is 12.6. The van der Waals surface area contributed by atoms with Gasteiger partial charge >= 0.3 is 0 Å². The predicted molar refractivity (Wildman–Crippen MR) is 235 cm³/mol. The second kappa shape index (κ2) is 19.1. The number of nitrogens with one attached hydrogen (secondary N) is 1. The smallest absolute Gasteiger partial charge is 0.201 e. The second-order valence-corrected chi connectivity index (χ2v) is 18.9. The van der Waals surface area contributed by atoms with E-state index in [0.717, 1.165) is 81.0 Å². The van der Waals surface area contributed by atoms with Crippen molar-refractivity contribution in [2.45, 2.75) is 145 Å². The van der Waals surface area contributed by atoms with E-state index in [4.69, 9.17) is 9.47 Å². The number of phenolic OH excluding ortho intramolecular Hbond substituents is 2. The molecule has 2 heterocycles. The first-order valence-electron chi connectivity index (χ1n) is 23.0. The molecule has 1 aliphatic heterocycles. The number of aromatic hydroxyl groups is 3. The number of aliphatic hydroxyl groups is 3. The van der Waals surface area contributed by atoms with E-state index in [0.29, 0.717) is 35.6 Å². The Balaban J connectivity index is 1.07. The van der Waals surface area contributed by atoms with Gasteiger partial charge in [0.2, 0.25) is 5.75 Å². The highest BCUT2D eigenvalue weighted by Crippen LogP contribution is 2.54. The normalized spacial score (nSPS) is 28.2. The minimum Gasteiger partial charge on any atom is -0.670 e. The third-order valence-electron chi connectivity index (χ3n) is 15.5. The van der Waals surface area contributed by atoms with Gasteiger partial charge in [-0.25, -0.2) is 0 Å². The fraction of sp³-hybridized carbons (Fsp3) is 0.569. The van der Waals surface area contributed by atoms with Crippen molar-refractivity contribution in [3.63, 3.8) is 0 Å². The first-order chi connectivity index (χ1) is 29.6. The van der Waals surface area contributed by atoms with Crippen molar-refractivity contribution < 1.29 is 40.1 Å². The molecule has 0 amide bonds. The van der Waals surface area contributed by atoms with Gasteiger partial charge in [0.25, 0.3) is 0 Å². The number of hydrogen-bond acceptors (Lipinski definition) is 9. The van der Waals surface area contributed by atoms with Crippen molar-refractivity contribution in [3.05, 3.63) is 106 Å². The van der Waals surface area contributed by atoms with Gasteiger partial charge in [0.05, 0.1) is 38.1 Å². The molecule has 8 rings (SSSR count). The maximum atomic E-state index is 12.4.